The van der Waals surface area contributed by atoms with Crippen molar-refractivity contribution in [1.29, 1.82) is 0 Å². The van der Waals surface area contributed by atoms with Gasteiger partial charge < -0.3 is 5.32 Å². The Labute approximate surface area is 107 Å². The topological polar surface area (TPSA) is 54.6 Å². The van der Waals surface area contributed by atoms with E-state index in [-0.39, 0.29) is 0 Å². The number of nitrogens with one attached hydrogen (secondary N) is 1. The lowest BCUT2D eigenvalue weighted by molar-refractivity contribution is 0.678. The minimum Gasteiger partial charge on any atom is -0.316 e. The highest BCUT2D eigenvalue weighted by molar-refractivity contribution is 6.04. The molecule has 0 saturated heterocycles. The van der Waals surface area contributed by atoms with Crippen LogP contribution in [0.2, 0.25) is 0 Å². The molecule has 96 valence electrons. The summed E-state index contributed by atoms with van der Waals surface area (Å²) < 4.78 is 1.89. The number of aromatic nitrogens is 2. The normalized spacial score (nSPS) is 16.7. The third-order valence-electron chi connectivity index (χ3n) is 3.04. The van der Waals surface area contributed by atoms with Crippen LogP contribution in [0.4, 0.5) is 0 Å². The molecule has 0 aromatic carbocycles. The van der Waals surface area contributed by atoms with Crippen molar-refractivity contribution < 1.29 is 0 Å². The van der Waals surface area contributed by atoms with Crippen LogP contribution in [0, 0.1) is 0 Å². The van der Waals surface area contributed by atoms with Crippen molar-refractivity contribution in [3.63, 3.8) is 0 Å². The van der Waals surface area contributed by atoms with Crippen LogP contribution in [0.3, 0.4) is 0 Å². The van der Waals surface area contributed by atoms with Gasteiger partial charge in [0, 0.05) is 38.8 Å². The summed E-state index contributed by atoms with van der Waals surface area (Å²) in [6.45, 7) is 5.60. The van der Waals surface area contributed by atoms with E-state index in [9.17, 15) is 0 Å². The number of fused-ring (bicyclic) bond motifs is 1. The number of aliphatic imine (C=N–C) groups is 2. The summed E-state index contributed by atoms with van der Waals surface area (Å²) in [5.74, 6) is 0.716. The molecule has 0 unspecified atom stereocenters. The SMILES string of the molecule is C=CC=NC(=NC)c1c2c(nn1C)CCNCC2. The molecule has 0 radical (unpaired) electrons. The highest BCUT2D eigenvalue weighted by Gasteiger charge is 2.20. The van der Waals surface area contributed by atoms with Crippen molar-refractivity contribution in [3.8, 4) is 0 Å². The van der Waals surface area contributed by atoms with Crippen LogP contribution < -0.4 is 5.32 Å². The largest absolute Gasteiger partial charge is 0.316 e. The molecular formula is C13H19N5. The molecule has 0 saturated carbocycles. The van der Waals surface area contributed by atoms with Crippen LogP contribution >= 0.6 is 0 Å². The first-order valence-electron chi connectivity index (χ1n) is 6.15. The Kier molecular flexibility index (Phi) is 4.04. The summed E-state index contributed by atoms with van der Waals surface area (Å²) in [7, 11) is 3.70. The van der Waals surface area contributed by atoms with E-state index in [1.54, 1.807) is 19.3 Å². The smallest absolute Gasteiger partial charge is 0.173 e. The predicted octanol–water partition coefficient (Wildman–Crippen LogP) is 0.741. The molecule has 1 aromatic heterocycles. The number of hydrogen-bond acceptors (Lipinski definition) is 3. The molecule has 0 atom stereocenters. The lowest BCUT2D eigenvalue weighted by Crippen LogP contribution is -2.18. The molecule has 0 spiro atoms. The zero-order valence-corrected chi connectivity index (χ0v) is 11.0. The number of aryl methyl sites for hydroxylation is 1. The average Bonchev–Trinajstić information content (AvgIpc) is 2.54. The Balaban J connectivity index is 2.46. The maximum absolute atomic E-state index is 4.58. The molecule has 1 aliphatic rings. The van der Waals surface area contributed by atoms with E-state index in [0.717, 1.165) is 37.3 Å². The second-order valence-corrected chi connectivity index (χ2v) is 4.21. The highest BCUT2D eigenvalue weighted by atomic mass is 15.3. The maximum atomic E-state index is 4.58. The quantitative estimate of drug-likeness (QED) is 0.617. The van der Waals surface area contributed by atoms with Gasteiger partial charge in [-0.3, -0.25) is 9.67 Å². The lowest BCUT2D eigenvalue weighted by Gasteiger charge is -2.05. The van der Waals surface area contributed by atoms with E-state index in [1.165, 1.54) is 5.56 Å². The molecular weight excluding hydrogens is 226 g/mol. The zero-order chi connectivity index (χ0) is 13.0. The van der Waals surface area contributed by atoms with Crippen LogP contribution in [0.15, 0.2) is 22.6 Å². The molecule has 1 N–H and O–H groups in total. The van der Waals surface area contributed by atoms with Gasteiger partial charge >= 0.3 is 0 Å². The second kappa shape index (κ2) is 5.73. The maximum Gasteiger partial charge on any atom is 0.173 e. The van der Waals surface area contributed by atoms with Crippen molar-refractivity contribution in [2.45, 2.75) is 12.8 Å². The summed E-state index contributed by atoms with van der Waals surface area (Å²) in [6, 6.07) is 0. The van der Waals surface area contributed by atoms with Crippen LogP contribution in [0.25, 0.3) is 0 Å². The summed E-state index contributed by atoms with van der Waals surface area (Å²) in [4.78, 5) is 8.59. The van der Waals surface area contributed by atoms with Crippen LogP contribution in [0.5, 0.6) is 0 Å². The summed E-state index contributed by atoms with van der Waals surface area (Å²) >= 11 is 0. The molecule has 1 aliphatic heterocycles. The van der Waals surface area contributed by atoms with Gasteiger partial charge in [0.2, 0.25) is 0 Å². The molecule has 0 fully saturated rings. The van der Waals surface area contributed by atoms with E-state index < -0.39 is 0 Å². The van der Waals surface area contributed by atoms with Gasteiger partial charge in [0.15, 0.2) is 5.84 Å². The third kappa shape index (κ3) is 2.41. The predicted molar refractivity (Wildman–Crippen MR) is 74.6 cm³/mol. The van der Waals surface area contributed by atoms with Crippen LogP contribution in [-0.4, -0.2) is 42.0 Å². The Morgan fingerprint density at radius 3 is 2.94 bits per heavy atom. The zero-order valence-electron chi connectivity index (χ0n) is 11.0. The Morgan fingerprint density at radius 2 is 2.22 bits per heavy atom. The molecule has 2 heterocycles. The fourth-order valence-electron chi connectivity index (χ4n) is 2.26. The molecule has 2 rings (SSSR count). The van der Waals surface area contributed by atoms with Crippen molar-refractivity contribution in [2.24, 2.45) is 17.0 Å². The minimum absolute atomic E-state index is 0.716. The van der Waals surface area contributed by atoms with Gasteiger partial charge in [0.1, 0.15) is 5.69 Å². The lowest BCUT2D eigenvalue weighted by atomic mass is 10.1. The molecule has 0 amide bonds. The number of hydrogen-bond donors (Lipinski definition) is 1. The first-order chi connectivity index (χ1) is 8.77. The van der Waals surface area contributed by atoms with Crippen LogP contribution in [0.1, 0.15) is 17.0 Å². The van der Waals surface area contributed by atoms with E-state index in [4.69, 9.17) is 0 Å². The van der Waals surface area contributed by atoms with E-state index in [1.807, 2.05) is 11.7 Å². The molecule has 5 nitrogen and oxygen atoms in total. The van der Waals surface area contributed by atoms with Gasteiger partial charge in [0.25, 0.3) is 0 Å². The minimum atomic E-state index is 0.716. The van der Waals surface area contributed by atoms with Gasteiger partial charge in [0.05, 0.1) is 5.69 Å². The Bertz CT molecular complexity index is 496. The van der Waals surface area contributed by atoms with Gasteiger partial charge in [-0.1, -0.05) is 12.7 Å². The monoisotopic (exact) mass is 245 g/mol. The fourth-order valence-corrected chi connectivity index (χ4v) is 2.26. The summed E-state index contributed by atoms with van der Waals surface area (Å²) in [5.41, 5.74) is 3.45. The van der Waals surface area contributed by atoms with Crippen molar-refractivity contribution >= 4 is 12.1 Å². The number of nitrogens with zero attached hydrogens (tertiary/aromatic N) is 4. The van der Waals surface area contributed by atoms with Crippen molar-refractivity contribution in [2.75, 3.05) is 20.1 Å². The molecule has 1 aromatic rings. The fraction of sp³-hybridized carbons (Fsp3) is 0.462. The Hall–Kier alpha value is -1.75. The highest BCUT2D eigenvalue weighted by Crippen LogP contribution is 2.18. The van der Waals surface area contributed by atoms with E-state index >= 15 is 0 Å². The van der Waals surface area contributed by atoms with Crippen molar-refractivity contribution in [1.82, 2.24) is 15.1 Å². The average molecular weight is 245 g/mol. The van der Waals surface area contributed by atoms with Gasteiger partial charge in [-0.25, -0.2) is 4.99 Å². The summed E-state index contributed by atoms with van der Waals surface area (Å²) in [6.07, 6.45) is 5.25. The molecule has 5 heteroatoms. The van der Waals surface area contributed by atoms with Crippen molar-refractivity contribution in [3.05, 3.63) is 29.6 Å². The molecule has 18 heavy (non-hydrogen) atoms. The van der Waals surface area contributed by atoms with E-state index in [2.05, 4.69) is 27.0 Å². The number of allylic oxidation sites excluding steroid dienone is 1. The number of rotatable bonds is 2. The third-order valence-corrected chi connectivity index (χ3v) is 3.04. The van der Waals surface area contributed by atoms with Gasteiger partial charge in [-0.05, 0) is 13.0 Å². The standard InChI is InChI=1S/C13H19N5/c1-4-7-16-13(14-2)12-10-5-8-15-9-6-11(10)17-18(12)3/h4,7,15H,1,5-6,8-9H2,2-3H3. The summed E-state index contributed by atoms with van der Waals surface area (Å²) in [5, 5.41) is 7.97. The van der Waals surface area contributed by atoms with Gasteiger partial charge in [-0.15, -0.1) is 0 Å². The Morgan fingerprint density at radius 1 is 1.44 bits per heavy atom. The second-order valence-electron chi connectivity index (χ2n) is 4.21. The molecule has 0 aliphatic carbocycles. The van der Waals surface area contributed by atoms with Crippen LogP contribution in [-0.2, 0) is 19.9 Å². The number of amidine groups is 1. The molecule has 0 bridgehead atoms. The van der Waals surface area contributed by atoms with Gasteiger partial charge in [-0.2, -0.15) is 5.10 Å². The first-order valence-corrected chi connectivity index (χ1v) is 6.15. The van der Waals surface area contributed by atoms with E-state index in [0.29, 0.717) is 5.84 Å². The first kappa shape index (κ1) is 12.7.